The van der Waals surface area contributed by atoms with Gasteiger partial charge in [0.25, 0.3) is 0 Å². The Bertz CT molecular complexity index is 936. The van der Waals surface area contributed by atoms with E-state index in [2.05, 4.69) is 50.3 Å². The molecule has 0 aliphatic rings. The van der Waals surface area contributed by atoms with Gasteiger partial charge >= 0.3 is 19.8 Å². The Labute approximate surface area is 303 Å². The van der Waals surface area contributed by atoms with Crippen LogP contribution in [0.2, 0.25) is 0 Å². The predicted octanol–water partition coefficient (Wildman–Crippen LogP) is 9.61. The smallest absolute Gasteiger partial charge is 0.457 e. The molecular weight excluding hydrogens is 659 g/mol. The monoisotopic (exact) mass is 730 g/mol. The summed E-state index contributed by atoms with van der Waals surface area (Å²) in [5.74, 6) is -1.03. The van der Waals surface area contributed by atoms with Crippen LogP contribution in [0.25, 0.3) is 0 Å². The van der Waals surface area contributed by atoms with Crippen molar-refractivity contribution in [3.8, 4) is 0 Å². The van der Waals surface area contributed by atoms with Gasteiger partial charge in [0.15, 0.2) is 0 Å². The average Bonchev–Trinajstić information content (AvgIpc) is 3.10. The van der Waals surface area contributed by atoms with Crippen molar-refractivity contribution in [1.29, 1.82) is 0 Å². The van der Waals surface area contributed by atoms with E-state index in [1.54, 1.807) is 0 Å². The first-order chi connectivity index (χ1) is 24.3. The Morgan fingerprint density at radius 3 is 1.36 bits per heavy atom. The SMILES string of the molecule is CC/C=C\C/C=C\C/C=C\CCCCCCCCCC(=O)OC(CO)COP(=O)(O)OCC(CO)OC(=O)CCCCCCCCCCCC. The molecule has 0 saturated heterocycles. The molecule has 0 aromatic heterocycles. The molecule has 0 fully saturated rings. The summed E-state index contributed by atoms with van der Waals surface area (Å²) in [5.41, 5.74) is 0. The molecule has 0 bridgehead atoms. The van der Waals surface area contributed by atoms with Crippen molar-refractivity contribution in [3.63, 3.8) is 0 Å². The lowest BCUT2D eigenvalue weighted by Crippen LogP contribution is -2.28. The fourth-order valence-corrected chi connectivity index (χ4v) is 5.91. The molecule has 0 radical (unpaired) electrons. The molecule has 3 unspecified atom stereocenters. The molecular formula is C39H71O10P. The number of phosphoric acid groups is 1. The zero-order valence-corrected chi connectivity index (χ0v) is 32.3. The first kappa shape index (κ1) is 48.2. The van der Waals surface area contributed by atoms with Gasteiger partial charge in [-0.3, -0.25) is 18.6 Å². The summed E-state index contributed by atoms with van der Waals surface area (Å²) < 4.78 is 32.4. The first-order valence-corrected chi connectivity index (χ1v) is 20.9. The molecule has 50 heavy (non-hydrogen) atoms. The van der Waals surface area contributed by atoms with Gasteiger partial charge in [-0.2, -0.15) is 0 Å². The van der Waals surface area contributed by atoms with Gasteiger partial charge in [-0.05, 0) is 44.9 Å². The number of hydrogen-bond acceptors (Lipinski definition) is 9. The normalized spacial score (nSPS) is 14.4. The second kappa shape index (κ2) is 35.6. The molecule has 11 heteroatoms. The van der Waals surface area contributed by atoms with Crippen molar-refractivity contribution in [2.45, 2.75) is 174 Å². The molecule has 0 rings (SSSR count). The second-order valence-corrected chi connectivity index (χ2v) is 14.3. The Morgan fingerprint density at radius 2 is 0.940 bits per heavy atom. The van der Waals surface area contributed by atoms with E-state index in [4.69, 9.17) is 18.5 Å². The molecule has 292 valence electrons. The van der Waals surface area contributed by atoms with Gasteiger partial charge in [0.1, 0.15) is 12.2 Å². The summed E-state index contributed by atoms with van der Waals surface area (Å²) in [6.07, 6.45) is 34.1. The van der Waals surface area contributed by atoms with Crippen LogP contribution in [0.15, 0.2) is 36.5 Å². The van der Waals surface area contributed by atoms with Crippen molar-refractivity contribution in [1.82, 2.24) is 0 Å². The summed E-state index contributed by atoms with van der Waals surface area (Å²) in [6.45, 7) is 2.05. The van der Waals surface area contributed by atoms with Gasteiger partial charge in [0.2, 0.25) is 0 Å². The highest BCUT2D eigenvalue weighted by Gasteiger charge is 2.27. The fourth-order valence-electron chi connectivity index (χ4n) is 5.13. The highest BCUT2D eigenvalue weighted by atomic mass is 31.2. The Kier molecular flexibility index (Phi) is 34.3. The van der Waals surface area contributed by atoms with Crippen molar-refractivity contribution in [2.24, 2.45) is 0 Å². The standard InChI is InChI=1S/C39H71O10P/c1-3-5-7-9-11-13-15-16-17-18-19-20-21-23-25-27-29-31-39(43)49-37(33-41)35-47-50(44,45)46-34-36(32-40)48-38(42)30-28-26-24-22-14-12-10-8-6-4-2/h5,7,11,13,16-17,36-37,40-41H,3-4,6,8-10,12,14-15,18-35H2,1-2H3,(H,44,45)/b7-5-,13-11-,17-16-. The van der Waals surface area contributed by atoms with E-state index in [0.29, 0.717) is 12.8 Å². The number of rotatable bonds is 36. The quantitative estimate of drug-likeness (QED) is 0.0246. The summed E-state index contributed by atoms with van der Waals surface area (Å²) >= 11 is 0. The lowest BCUT2D eigenvalue weighted by molar-refractivity contribution is -0.153. The van der Waals surface area contributed by atoms with E-state index >= 15 is 0 Å². The third kappa shape index (κ3) is 33.3. The largest absolute Gasteiger partial charge is 0.472 e. The Hall–Kier alpha value is -1.81. The molecule has 0 saturated carbocycles. The Balaban J connectivity index is 3.97. The zero-order valence-electron chi connectivity index (χ0n) is 31.4. The molecule has 0 aromatic carbocycles. The second-order valence-electron chi connectivity index (χ2n) is 12.9. The summed E-state index contributed by atoms with van der Waals surface area (Å²) in [5, 5.41) is 19.1. The number of aliphatic hydroxyl groups is 2. The maximum atomic E-state index is 12.3. The predicted molar refractivity (Wildman–Crippen MR) is 201 cm³/mol. The number of ether oxygens (including phenoxy) is 2. The van der Waals surface area contributed by atoms with E-state index < -0.39 is 58.4 Å². The minimum absolute atomic E-state index is 0.181. The molecule has 0 amide bonds. The fraction of sp³-hybridized carbons (Fsp3) is 0.795. The van der Waals surface area contributed by atoms with E-state index in [-0.39, 0.29) is 12.8 Å². The lowest BCUT2D eigenvalue weighted by Gasteiger charge is -2.20. The average molecular weight is 731 g/mol. The summed E-state index contributed by atoms with van der Waals surface area (Å²) in [4.78, 5) is 34.3. The van der Waals surface area contributed by atoms with Gasteiger partial charge in [0, 0.05) is 12.8 Å². The minimum Gasteiger partial charge on any atom is -0.457 e. The minimum atomic E-state index is -4.63. The van der Waals surface area contributed by atoms with Gasteiger partial charge < -0.3 is 24.6 Å². The van der Waals surface area contributed by atoms with Crippen molar-refractivity contribution >= 4 is 19.8 Å². The number of allylic oxidation sites excluding steroid dienone is 6. The number of carbonyl (C=O) groups is 2. The highest BCUT2D eigenvalue weighted by molar-refractivity contribution is 7.47. The summed E-state index contributed by atoms with van der Waals surface area (Å²) in [7, 11) is -4.63. The molecule has 10 nitrogen and oxygen atoms in total. The van der Waals surface area contributed by atoms with Crippen molar-refractivity contribution < 1.29 is 47.8 Å². The molecule has 0 heterocycles. The van der Waals surface area contributed by atoms with Crippen LogP contribution in [0.3, 0.4) is 0 Å². The molecule has 3 atom stereocenters. The Morgan fingerprint density at radius 1 is 0.560 bits per heavy atom. The lowest BCUT2D eigenvalue weighted by atomic mass is 10.1. The van der Waals surface area contributed by atoms with Crippen molar-refractivity contribution in [2.75, 3.05) is 26.4 Å². The van der Waals surface area contributed by atoms with E-state index in [0.717, 1.165) is 70.6 Å². The molecule has 0 aliphatic carbocycles. The number of unbranched alkanes of at least 4 members (excludes halogenated alkanes) is 16. The molecule has 0 aromatic rings. The maximum Gasteiger partial charge on any atom is 0.472 e. The zero-order chi connectivity index (χ0) is 37.0. The van der Waals surface area contributed by atoms with Crippen LogP contribution in [0.4, 0.5) is 0 Å². The summed E-state index contributed by atoms with van der Waals surface area (Å²) in [6, 6.07) is 0. The van der Waals surface area contributed by atoms with Crippen LogP contribution in [0, 0.1) is 0 Å². The molecule has 0 spiro atoms. The van der Waals surface area contributed by atoms with E-state index in [9.17, 15) is 29.3 Å². The van der Waals surface area contributed by atoms with E-state index in [1.165, 1.54) is 51.4 Å². The number of hydrogen-bond donors (Lipinski definition) is 3. The van der Waals surface area contributed by atoms with Crippen LogP contribution in [-0.4, -0.2) is 65.7 Å². The highest BCUT2D eigenvalue weighted by Crippen LogP contribution is 2.43. The molecule has 3 N–H and O–H groups in total. The van der Waals surface area contributed by atoms with Gasteiger partial charge in [-0.25, -0.2) is 4.57 Å². The number of phosphoric ester groups is 1. The van der Waals surface area contributed by atoms with Crippen LogP contribution in [-0.2, 0) is 32.7 Å². The van der Waals surface area contributed by atoms with E-state index in [1.807, 2.05) is 0 Å². The topological polar surface area (TPSA) is 149 Å². The van der Waals surface area contributed by atoms with Crippen LogP contribution in [0.5, 0.6) is 0 Å². The number of carbonyl (C=O) groups excluding carboxylic acids is 2. The first-order valence-electron chi connectivity index (χ1n) is 19.4. The molecule has 0 aliphatic heterocycles. The van der Waals surface area contributed by atoms with Gasteiger partial charge in [0.05, 0.1) is 26.4 Å². The maximum absolute atomic E-state index is 12.3. The number of esters is 2. The third-order valence-electron chi connectivity index (χ3n) is 8.12. The van der Waals surface area contributed by atoms with Crippen molar-refractivity contribution in [3.05, 3.63) is 36.5 Å². The number of aliphatic hydroxyl groups excluding tert-OH is 2. The van der Waals surface area contributed by atoms with Gasteiger partial charge in [-0.15, -0.1) is 0 Å². The van der Waals surface area contributed by atoms with Gasteiger partial charge in [-0.1, -0.05) is 140 Å². The van der Waals surface area contributed by atoms with Crippen LogP contribution in [0.1, 0.15) is 162 Å². The third-order valence-corrected chi connectivity index (χ3v) is 9.07. The van der Waals surface area contributed by atoms with Crippen LogP contribution >= 0.6 is 7.82 Å². The van der Waals surface area contributed by atoms with Crippen LogP contribution < -0.4 is 0 Å².